The van der Waals surface area contributed by atoms with Gasteiger partial charge in [-0.25, -0.2) is 8.42 Å². The molecule has 0 bridgehead atoms. The molecule has 21 heavy (non-hydrogen) atoms. The van der Waals surface area contributed by atoms with Crippen molar-refractivity contribution in [2.45, 2.75) is 37.6 Å². The van der Waals surface area contributed by atoms with Crippen LogP contribution >= 0.6 is 11.3 Å². The highest BCUT2D eigenvalue weighted by atomic mass is 32.2. The van der Waals surface area contributed by atoms with Gasteiger partial charge < -0.3 is 0 Å². The monoisotopic (exact) mass is 321 g/mol. The Labute approximate surface area is 130 Å². The molecular formula is C16H19NO2S2. The number of rotatable bonds is 3. The Morgan fingerprint density at radius 3 is 2.71 bits per heavy atom. The Morgan fingerprint density at radius 2 is 2.05 bits per heavy atom. The van der Waals surface area contributed by atoms with E-state index in [4.69, 9.17) is 0 Å². The normalized spacial score (nSPS) is 20.0. The van der Waals surface area contributed by atoms with Gasteiger partial charge in [0.15, 0.2) is 0 Å². The summed E-state index contributed by atoms with van der Waals surface area (Å²) in [5.74, 6) is 0. The molecule has 112 valence electrons. The first-order valence-corrected chi connectivity index (χ1v) is 9.44. The lowest BCUT2D eigenvalue weighted by molar-refractivity contribution is 0.400. The van der Waals surface area contributed by atoms with Crippen molar-refractivity contribution in [2.75, 3.05) is 6.54 Å². The van der Waals surface area contributed by atoms with Crippen LogP contribution in [0.15, 0.2) is 40.6 Å². The van der Waals surface area contributed by atoms with Gasteiger partial charge >= 0.3 is 0 Å². The fourth-order valence-corrected chi connectivity index (χ4v) is 5.83. The van der Waals surface area contributed by atoms with Crippen LogP contribution in [-0.4, -0.2) is 19.3 Å². The van der Waals surface area contributed by atoms with Gasteiger partial charge in [0.05, 0.1) is 10.9 Å². The van der Waals surface area contributed by atoms with E-state index >= 15 is 0 Å². The first-order valence-electron chi connectivity index (χ1n) is 7.12. The third-order valence-corrected chi connectivity index (χ3v) is 7.03. The third kappa shape index (κ3) is 2.65. The molecule has 0 spiro atoms. The molecule has 2 aromatic rings. The molecule has 5 heteroatoms. The summed E-state index contributed by atoms with van der Waals surface area (Å²) >= 11 is 1.64. The number of benzene rings is 1. The summed E-state index contributed by atoms with van der Waals surface area (Å²) in [6, 6.07) is 9.56. The maximum Gasteiger partial charge on any atom is 0.243 e. The highest BCUT2D eigenvalue weighted by molar-refractivity contribution is 7.89. The molecule has 0 N–H and O–H groups in total. The van der Waals surface area contributed by atoms with Crippen LogP contribution in [0.25, 0.3) is 0 Å². The molecule has 1 atom stereocenters. The third-order valence-electron chi connectivity index (χ3n) is 3.99. The maximum absolute atomic E-state index is 13.0. The van der Waals surface area contributed by atoms with E-state index in [1.54, 1.807) is 21.7 Å². The summed E-state index contributed by atoms with van der Waals surface area (Å²) in [6.45, 7) is 4.46. The van der Waals surface area contributed by atoms with Crippen LogP contribution in [0.5, 0.6) is 0 Å². The zero-order chi connectivity index (χ0) is 15.0. The molecule has 0 amide bonds. The van der Waals surface area contributed by atoms with Gasteiger partial charge in [-0.05, 0) is 49.8 Å². The number of hydrogen-bond donors (Lipinski definition) is 0. The van der Waals surface area contributed by atoms with Gasteiger partial charge in [0.2, 0.25) is 10.0 Å². The maximum atomic E-state index is 13.0. The van der Waals surface area contributed by atoms with E-state index in [-0.39, 0.29) is 6.04 Å². The lowest BCUT2D eigenvalue weighted by Crippen LogP contribution is -2.30. The minimum Gasteiger partial charge on any atom is -0.207 e. The quantitative estimate of drug-likeness (QED) is 0.860. The minimum absolute atomic E-state index is 0.00398. The van der Waals surface area contributed by atoms with Crippen molar-refractivity contribution in [3.63, 3.8) is 0 Å². The van der Waals surface area contributed by atoms with E-state index in [1.807, 2.05) is 43.5 Å². The van der Waals surface area contributed by atoms with Gasteiger partial charge in [0.25, 0.3) is 0 Å². The molecule has 0 saturated carbocycles. The molecule has 0 radical (unpaired) electrons. The van der Waals surface area contributed by atoms with Crippen molar-refractivity contribution < 1.29 is 8.42 Å². The molecule has 1 aromatic heterocycles. The van der Waals surface area contributed by atoms with Crippen molar-refractivity contribution in [2.24, 2.45) is 0 Å². The molecule has 1 aliphatic heterocycles. The van der Waals surface area contributed by atoms with Gasteiger partial charge in [-0.2, -0.15) is 4.31 Å². The van der Waals surface area contributed by atoms with Crippen LogP contribution in [0.1, 0.15) is 34.9 Å². The van der Waals surface area contributed by atoms with E-state index in [9.17, 15) is 8.42 Å². The highest BCUT2D eigenvalue weighted by Gasteiger charge is 2.37. The lowest BCUT2D eigenvalue weighted by atomic mass is 10.2. The summed E-state index contributed by atoms with van der Waals surface area (Å²) in [6.07, 6.45) is 1.83. The van der Waals surface area contributed by atoms with Crippen molar-refractivity contribution in [1.82, 2.24) is 4.31 Å². The lowest BCUT2D eigenvalue weighted by Gasteiger charge is -2.24. The van der Waals surface area contributed by atoms with Crippen LogP contribution < -0.4 is 0 Å². The van der Waals surface area contributed by atoms with Crippen LogP contribution in [0.2, 0.25) is 0 Å². The second-order valence-corrected chi connectivity index (χ2v) is 8.40. The molecular weight excluding hydrogens is 302 g/mol. The van der Waals surface area contributed by atoms with Crippen LogP contribution in [0, 0.1) is 13.8 Å². The van der Waals surface area contributed by atoms with Gasteiger partial charge in [-0.15, -0.1) is 11.3 Å². The van der Waals surface area contributed by atoms with E-state index in [2.05, 4.69) is 0 Å². The van der Waals surface area contributed by atoms with Crippen molar-refractivity contribution in [1.29, 1.82) is 0 Å². The minimum atomic E-state index is -3.42. The Balaban J connectivity index is 2.01. The molecule has 1 fully saturated rings. The molecule has 0 unspecified atom stereocenters. The Bertz CT molecular complexity index is 736. The first-order chi connectivity index (χ1) is 10.00. The molecule has 3 nitrogen and oxygen atoms in total. The Morgan fingerprint density at radius 1 is 1.24 bits per heavy atom. The van der Waals surface area contributed by atoms with Crippen LogP contribution in [0.3, 0.4) is 0 Å². The largest absolute Gasteiger partial charge is 0.243 e. The topological polar surface area (TPSA) is 37.4 Å². The highest BCUT2D eigenvalue weighted by Crippen LogP contribution is 2.38. The first kappa shape index (κ1) is 14.8. The average molecular weight is 321 g/mol. The van der Waals surface area contributed by atoms with Crippen molar-refractivity contribution >= 4 is 21.4 Å². The standard InChI is InChI=1S/C16H19NO2S2/c1-12-7-8-16(13(2)11-12)21(18,19)17-9-3-5-14(17)15-6-4-10-20-15/h4,6-8,10-11,14H,3,5,9H2,1-2H3/t14-/m0/s1. The predicted octanol–water partition coefficient (Wildman–Crippen LogP) is 3.89. The zero-order valence-electron chi connectivity index (χ0n) is 12.2. The van der Waals surface area contributed by atoms with Gasteiger partial charge in [0.1, 0.15) is 0 Å². The molecule has 3 rings (SSSR count). The fraction of sp³-hybridized carbons (Fsp3) is 0.375. The zero-order valence-corrected chi connectivity index (χ0v) is 13.9. The van der Waals surface area contributed by atoms with E-state index in [0.29, 0.717) is 11.4 Å². The summed E-state index contributed by atoms with van der Waals surface area (Å²) in [4.78, 5) is 1.58. The van der Waals surface area contributed by atoms with E-state index < -0.39 is 10.0 Å². The molecule has 2 heterocycles. The summed E-state index contributed by atoms with van der Waals surface area (Å²) < 4.78 is 27.7. The van der Waals surface area contributed by atoms with Gasteiger partial charge in [0, 0.05) is 11.4 Å². The second-order valence-electron chi connectivity index (χ2n) is 5.56. The van der Waals surface area contributed by atoms with Crippen LogP contribution in [0.4, 0.5) is 0 Å². The number of hydrogen-bond acceptors (Lipinski definition) is 3. The number of thiophene rings is 1. The van der Waals surface area contributed by atoms with Crippen molar-refractivity contribution in [3.8, 4) is 0 Å². The SMILES string of the molecule is Cc1ccc(S(=O)(=O)N2CCC[C@H]2c2cccs2)c(C)c1. The van der Waals surface area contributed by atoms with E-state index in [0.717, 1.165) is 28.8 Å². The second kappa shape index (κ2) is 5.55. The fourth-order valence-electron chi connectivity index (χ4n) is 3.01. The molecule has 0 aliphatic carbocycles. The predicted molar refractivity (Wildman–Crippen MR) is 86.1 cm³/mol. The van der Waals surface area contributed by atoms with Crippen molar-refractivity contribution in [3.05, 3.63) is 51.7 Å². The molecule has 1 saturated heterocycles. The Kier molecular flexibility index (Phi) is 3.90. The average Bonchev–Trinajstić information content (AvgIpc) is 3.09. The number of aryl methyl sites for hydroxylation is 2. The molecule has 1 aromatic carbocycles. The molecule has 1 aliphatic rings. The Hall–Kier alpha value is -1.17. The van der Waals surface area contributed by atoms with Crippen LogP contribution in [-0.2, 0) is 10.0 Å². The van der Waals surface area contributed by atoms with Gasteiger partial charge in [-0.3, -0.25) is 0 Å². The summed E-state index contributed by atoms with van der Waals surface area (Å²) in [5, 5.41) is 2.01. The number of nitrogens with zero attached hydrogens (tertiary/aromatic N) is 1. The summed E-state index contributed by atoms with van der Waals surface area (Å²) in [7, 11) is -3.42. The number of sulfonamides is 1. The van der Waals surface area contributed by atoms with E-state index in [1.165, 1.54) is 0 Å². The summed E-state index contributed by atoms with van der Waals surface area (Å²) in [5.41, 5.74) is 1.91. The smallest absolute Gasteiger partial charge is 0.207 e. The van der Waals surface area contributed by atoms with Gasteiger partial charge in [-0.1, -0.05) is 23.8 Å².